The maximum atomic E-state index is 11.8. The van der Waals surface area contributed by atoms with Crippen LogP contribution in [0.2, 0.25) is 0 Å². The number of hydrogen-bond donors (Lipinski definition) is 2. The number of nitrogens with zero attached hydrogens (tertiary/aromatic N) is 1. The Kier molecular flexibility index (Phi) is 3.81. The van der Waals surface area contributed by atoms with Gasteiger partial charge in [0, 0.05) is 21.6 Å². The van der Waals surface area contributed by atoms with Gasteiger partial charge in [0.05, 0.1) is 10.6 Å². The number of aromatic nitrogens is 2. The van der Waals surface area contributed by atoms with Crippen LogP contribution in [0.4, 0.5) is 0 Å². The van der Waals surface area contributed by atoms with E-state index < -0.39 is 0 Å². The van der Waals surface area contributed by atoms with Gasteiger partial charge in [-0.15, -0.1) is 11.3 Å². The van der Waals surface area contributed by atoms with Crippen molar-refractivity contribution in [2.75, 3.05) is 0 Å². The van der Waals surface area contributed by atoms with Crippen molar-refractivity contribution in [2.24, 2.45) is 7.05 Å². The highest BCUT2D eigenvalue weighted by molar-refractivity contribution is 14.1. The summed E-state index contributed by atoms with van der Waals surface area (Å²) in [5.41, 5.74) is 1.76. The molecule has 0 bridgehead atoms. The van der Waals surface area contributed by atoms with Crippen LogP contribution in [0.3, 0.4) is 0 Å². The molecule has 0 saturated carbocycles. The standard InChI is InChI=1S/C15H12IN3OS/c1-19-14(20)8-11(18-15(19)17)13-6-5-12(21-13)9-3-2-4-10(16)7-9/h2-8H,1H3,(H2,17,18). The Morgan fingerprint density at radius 1 is 1.19 bits per heavy atom. The predicted molar refractivity (Wildman–Crippen MR) is 93.4 cm³/mol. The number of thiophene rings is 1. The van der Waals surface area contributed by atoms with Gasteiger partial charge in [0.15, 0.2) is 0 Å². The van der Waals surface area contributed by atoms with Crippen LogP contribution in [-0.2, 0) is 7.05 Å². The molecule has 0 radical (unpaired) electrons. The summed E-state index contributed by atoms with van der Waals surface area (Å²) in [6.07, 6.45) is 0. The van der Waals surface area contributed by atoms with Gasteiger partial charge >= 0.3 is 0 Å². The number of H-pyrrole nitrogens is 1. The topological polar surface area (TPSA) is 61.6 Å². The van der Waals surface area contributed by atoms with Gasteiger partial charge in [-0.2, -0.15) is 0 Å². The molecule has 0 aliphatic rings. The summed E-state index contributed by atoms with van der Waals surface area (Å²) >= 11 is 3.90. The Balaban J connectivity index is 2.07. The fraction of sp³-hybridized carbons (Fsp3) is 0.0667. The average Bonchev–Trinajstić information content (AvgIpc) is 2.94. The molecule has 0 saturated heterocycles. The molecule has 2 aromatic heterocycles. The molecule has 2 heterocycles. The van der Waals surface area contributed by atoms with Crippen LogP contribution in [0.1, 0.15) is 0 Å². The maximum absolute atomic E-state index is 11.8. The SMILES string of the molecule is Cn1c(=O)cc(-c2ccc(-c3cccc(I)c3)s2)[nH]c1=N. The summed E-state index contributed by atoms with van der Waals surface area (Å²) in [4.78, 5) is 16.8. The molecule has 21 heavy (non-hydrogen) atoms. The zero-order valence-electron chi connectivity index (χ0n) is 11.2. The van der Waals surface area contributed by atoms with E-state index in [2.05, 4.69) is 45.8 Å². The van der Waals surface area contributed by atoms with Crippen molar-refractivity contribution >= 4 is 33.9 Å². The largest absolute Gasteiger partial charge is 0.325 e. The fourth-order valence-corrected chi connectivity index (χ4v) is 3.51. The lowest BCUT2D eigenvalue weighted by atomic mass is 10.2. The van der Waals surface area contributed by atoms with Crippen molar-refractivity contribution in [1.82, 2.24) is 9.55 Å². The minimum atomic E-state index is -0.182. The van der Waals surface area contributed by atoms with Crippen molar-refractivity contribution < 1.29 is 0 Å². The molecule has 0 spiro atoms. The molecular formula is C15H12IN3OS. The van der Waals surface area contributed by atoms with Crippen LogP contribution in [0.5, 0.6) is 0 Å². The van der Waals surface area contributed by atoms with Crippen molar-refractivity contribution in [2.45, 2.75) is 0 Å². The third-order valence-corrected chi connectivity index (χ3v) is 5.01. The molecule has 6 heteroatoms. The summed E-state index contributed by atoms with van der Waals surface area (Å²) in [6, 6.07) is 13.8. The van der Waals surface area contributed by atoms with E-state index in [9.17, 15) is 4.79 Å². The highest BCUT2D eigenvalue weighted by Crippen LogP contribution is 2.33. The minimum Gasteiger partial charge on any atom is -0.325 e. The zero-order valence-corrected chi connectivity index (χ0v) is 14.2. The molecular weight excluding hydrogens is 397 g/mol. The molecule has 3 aromatic rings. The molecule has 0 atom stereocenters. The van der Waals surface area contributed by atoms with Crippen LogP contribution in [0, 0.1) is 8.98 Å². The average molecular weight is 409 g/mol. The Morgan fingerprint density at radius 3 is 2.67 bits per heavy atom. The zero-order chi connectivity index (χ0) is 15.0. The highest BCUT2D eigenvalue weighted by atomic mass is 127. The molecule has 3 rings (SSSR count). The number of benzene rings is 1. The number of halogens is 1. The second-order valence-corrected chi connectivity index (χ2v) is 6.93. The number of aromatic amines is 1. The van der Waals surface area contributed by atoms with E-state index in [1.165, 1.54) is 14.2 Å². The maximum Gasteiger partial charge on any atom is 0.255 e. The summed E-state index contributed by atoms with van der Waals surface area (Å²) in [6.45, 7) is 0. The molecule has 0 amide bonds. The van der Waals surface area contributed by atoms with Gasteiger partial charge < -0.3 is 4.98 Å². The normalized spacial score (nSPS) is 10.8. The van der Waals surface area contributed by atoms with Gasteiger partial charge in [-0.3, -0.25) is 14.8 Å². The quantitative estimate of drug-likeness (QED) is 0.628. The molecule has 0 unspecified atom stereocenters. The smallest absolute Gasteiger partial charge is 0.255 e. The first-order valence-corrected chi connectivity index (χ1v) is 8.15. The van der Waals surface area contributed by atoms with Crippen molar-refractivity contribution in [3.05, 3.63) is 62.0 Å². The Morgan fingerprint density at radius 2 is 1.95 bits per heavy atom. The van der Waals surface area contributed by atoms with Gasteiger partial charge in [0.2, 0.25) is 5.62 Å². The highest BCUT2D eigenvalue weighted by Gasteiger charge is 2.07. The van der Waals surface area contributed by atoms with E-state index in [0.29, 0.717) is 5.69 Å². The van der Waals surface area contributed by atoms with Gasteiger partial charge in [-0.1, -0.05) is 12.1 Å². The summed E-state index contributed by atoms with van der Waals surface area (Å²) < 4.78 is 2.46. The van der Waals surface area contributed by atoms with Crippen LogP contribution in [0.25, 0.3) is 21.0 Å². The predicted octanol–water partition coefficient (Wildman–Crippen LogP) is 3.19. The second-order valence-electron chi connectivity index (χ2n) is 4.60. The van der Waals surface area contributed by atoms with Gasteiger partial charge in [0.1, 0.15) is 0 Å². The van der Waals surface area contributed by atoms with E-state index >= 15 is 0 Å². The molecule has 106 valence electrons. The van der Waals surface area contributed by atoms with Gasteiger partial charge in [0.25, 0.3) is 5.56 Å². The Bertz CT molecular complexity index is 892. The van der Waals surface area contributed by atoms with Crippen LogP contribution in [-0.4, -0.2) is 9.55 Å². The summed E-state index contributed by atoms with van der Waals surface area (Å²) in [5, 5.41) is 7.76. The van der Waals surface area contributed by atoms with E-state index in [-0.39, 0.29) is 11.2 Å². The molecule has 0 aliphatic heterocycles. The lowest BCUT2D eigenvalue weighted by Crippen LogP contribution is -2.32. The second kappa shape index (κ2) is 5.61. The molecule has 0 fully saturated rings. The number of nitrogens with one attached hydrogen (secondary N) is 2. The summed E-state index contributed by atoms with van der Waals surface area (Å²) in [5.74, 6) is 0. The van der Waals surface area contributed by atoms with E-state index in [1.807, 2.05) is 18.2 Å². The molecule has 1 aromatic carbocycles. The van der Waals surface area contributed by atoms with Gasteiger partial charge in [-0.25, -0.2) is 0 Å². The molecule has 4 nitrogen and oxygen atoms in total. The number of hydrogen-bond acceptors (Lipinski definition) is 3. The Labute approximate surface area is 138 Å². The lowest BCUT2D eigenvalue weighted by molar-refractivity contribution is 0.736. The first kappa shape index (κ1) is 14.3. The van der Waals surface area contributed by atoms with E-state index in [1.54, 1.807) is 18.4 Å². The van der Waals surface area contributed by atoms with Crippen molar-refractivity contribution in [1.29, 1.82) is 5.41 Å². The molecule has 2 N–H and O–H groups in total. The third kappa shape index (κ3) is 2.86. The first-order chi connectivity index (χ1) is 10.0. The van der Waals surface area contributed by atoms with Crippen molar-refractivity contribution in [3.63, 3.8) is 0 Å². The van der Waals surface area contributed by atoms with Crippen molar-refractivity contribution in [3.8, 4) is 21.0 Å². The van der Waals surface area contributed by atoms with Crippen LogP contribution >= 0.6 is 33.9 Å². The first-order valence-electron chi connectivity index (χ1n) is 6.26. The number of rotatable bonds is 2. The Hall–Kier alpha value is -1.67. The van der Waals surface area contributed by atoms with Crippen LogP contribution < -0.4 is 11.2 Å². The fourth-order valence-electron chi connectivity index (χ4n) is 1.99. The van der Waals surface area contributed by atoms with E-state index in [0.717, 1.165) is 15.3 Å². The van der Waals surface area contributed by atoms with E-state index in [4.69, 9.17) is 5.41 Å². The van der Waals surface area contributed by atoms with Crippen LogP contribution in [0.15, 0.2) is 47.3 Å². The minimum absolute atomic E-state index is 0.0988. The monoisotopic (exact) mass is 409 g/mol. The lowest BCUT2D eigenvalue weighted by Gasteiger charge is -2.01. The molecule has 0 aliphatic carbocycles. The summed E-state index contributed by atoms with van der Waals surface area (Å²) in [7, 11) is 1.58. The third-order valence-electron chi connectivity index (χ3n) is 3.17. The van der Waals surface area contributed by atoms with Gasteiger partial charge in [-0.05, 0) is 52.4 Å².